The first-order valence-corrected chi connectivity index (χ1v) is 3.07. The molecule has 10 heavy (non-hydrogen) atoms. The van der Waals surface area contributed by atoms with Gasteiger partial charge in [0.1, 0.15) is 5.92 Å². The second kappa shape index (κ2) is 1.66. The smallest absolute Gasteiger partial charge is 0.199 e. The summed E-state index contributed by atoms with van der Waals surface area (Å²) in [6.07, 6.45) is 0. The Hall–Kier alpha value is -0.280. The predicted molar refractivity (Wildman–Crippen MR) is 28.2 cm³/mol. The van der Waals surface area contributed by atoms with E-state index in [0.717, 1.165) is 0 Å². The van der Waals surface area contributed by atoms with E-state index in [9.17, 15) is 17.6 Å². The van der Waals surface area contributed by atoms with Crippen molar-refractivity contribution < 1.29 is 17.6 Å². The van der Waals surface area contributed by atoms with E-state index in [1.807, 2.05) is 0 Å². The molecule has 0 N–H and O–H groups in total. The minimum atomic E-state index is -3.75. The lowest BCUT2D eigenvalue weighted by Gasteiger charge is -1.96. The van der Waals surface area contributed by atoms with E-state index in [4.69, 9.17) is 0 Å². The van der Waals surface area contributed by atoms with Gasteiger partial charge in [-0.3, -0.25) is 0 Å². The molecule has 0 unspecified atom stereocenters. The third-order valence-corrected chi connectivity index (χ3v) is 1.81. The van der Waals surface area contributed by atoms with Crippen LogP contribution in [0.25, 0.3) is 0 Å². The summed E-state index contributed by atoms with van der Waals surface area (Å²) in [6.45, 7) is 2.75. The summed E-state index contributed by atoms with van der Waals surface area (Å²) >= 11 is 0. The van der Waals surface area contributed by atoms with Crippen LogP contribution in [0.4, 0.5) is 17.6 Å². The van der Waals surface area contributed by atoms with Crippen molar-refractivity contribution in [3.05, 3.63) is 0 Å². The first kappa shape index (κ1) is 7.82. The Morgan fingerprint density at radius 3 is 1.30 bits per heavy atom. The summed E-state index contributed by atoms with van der Waals surface area (Å²) in [4.78, 5) is 0. The first-order chi connectivity index (χ1) is 4.32. The standard InChI is InChI=1S/C6H8F4/c1-3(2)4-5(7,8)6(4,9)10/h3-4H,1-2H3. The topological polar surface area (TPSA) is 0 Å². The molecule has 0 aromatic carbocycles. The third-order valence-electron chi connectivity index (χ3n) is 1.81. The highest BCUT2D eigenvalue weighted by atomic mass is 19.3. The highest BCUT2D eigenvalue weighted by Gasteiger charge is 2.85. The van der Waals surface area contributed by atoms with Crippen LogP contribution in [0.3, 0.4) is 0 Å². The number of hydrogen-bond acceptors (Lipinski definition) is 0. The van der Waals surface area contributed by atoms with E-state index in [1.165, 1.54) is 13.8 Å². The van der Waals surface area contributed by atoms with Crippen molar-refractivity contribution in [1.29, 1.82) is 0 Å². The van der Waals surface area contributed by atoms with E-state index in [2.05, 4.69) is 0 Å². The van der Waals surface area contributed by atoms with Crippen LogP contribution in [0, 0.1) is 11.8 Å². The second-order valence-corrected chi connectivity index (χ2v) is 2.97. The number of rotatable bonds is 1. The van der Waals surface area contributed by atoms with Crippen LogP contribution >= 0.6 is 0 Å². The molecule has 0 aromatic heterocycles. The molecule has 1 saturated carbocycles. The maximum atomic E-state index is 12.1. The maximum absolute atomic E-state index is 12.1. The molecule has 1 aliphatic carbocycles. The van der Waals surface area contributed by atoms with Gasteiger partial charge in [0.05, 0.1) is 0 Å². The maximum Gasteiger partial charge on any atom is 0.319 e. The van der Waals surface area contributed by atoms with Crippen molar-refractivity contribution in [2.45, 2.75) is 25.7 Å². The van der Waals surface area contributed by atoms with Crippen LogP contribution in [-0.2, 0) is 0 Å². The normalized spacial score (nSPS) is 29.1. The van der Waals surface area contributed by atoms with Gasteiger partial charge in [-0.05, 0) is 5.92 Å². The quantitative estimate of drug-likeness (QED) is 0.512. The van der Waals surface area contributed by atoms with E-state index in [0.29, 0.717) is 0 Å². The molecule has 0 bridgehead atoms. The fourth-order valence-electron chi connectivity index (χ4n) is 1.20. The van der Waals surface area contributed by atoms with Gasteiger partial charge >= 0.3 is 11.8 Å². The van der Waals surface area contributed by atoms with Crippen molar-refractivity contribution in [1.82, 2.24) is 0 Å². The lowest BCUT2D eigenvalue weighted by molar-refractivity contribution is -0.0278. The van der Waals surface area contributed by atoms with Gasteiger partial charge < -0.3 is 0 Å². The summed E-state index contributed by atoms with van der Waals surface area (Å²) in [5.41, 5.74) is 0. The molecule has 0 amide bonds. The monoisotopic (exact) mass is 156 g/mol. The van der Waals surface area contributed by atoms with Gasteiger partial charge in [-0.15, -0.1) is 0 Å². The fourth-order valence-corrected chi connectivity index (χ4v) is 1.20. The van der Waals surface area contributed by atoms with E-state index in [-0.39, 0.29) is 0 Å². The summed E-state index contributed by atoms with van der Waals surface area (Å²) in [5, 5.41) is 0. The molecular formula is C6H8F4. The second-order valence-electron chi connectivity index (χ2n) is 2.97. The zero-order valence-electron chi connectivity index (χ0n) is 5.67. The molecule has 1 rings (SSSR count). The average Bonchev–Trinajstić information content (AvgIpc) is 1.97. The SMILES string of the molecule is CC(C)C1C(F)(F)C1(F)F. The van der Waals surface area contributed by atoms with Crippen LogP contribution in [-0.4, -0.2) is 11.8 Å². The van der Waals surface area contributed by atoms with Gasteiger partial charge in [-0.25, -0.2) is 0 Å². The lowest BCUT2D eigenvalue weighted by Crippen LogP contribution is -2.02. The number of halogens is 4. The molecule has 4 heteroatoms. The van der Waals surface area contributed by atoms with Crippen LogP contribution < -0.4 is 0 Å². The molecule has 0 radical (unpaired) electrons. The number of hydrogen-bond donors (Lipinski definition) is 0. The third kappa shape index (κ3) is 0.675. The summed E-state index contributed by atoms with van der Waals surface area (Å²) in [5.74, 6) is -9.88. The van der Waals surface area contributed by atoms with Gasteiger partial charge in [-0.2, -0.15) is 17.6 Å². The van der Waals surface area contributed by atoms with Gasteiger partial charge in [-0.1, -0.05) is 13.8 Å². The van der Waals surface area contributed by atoms with Crippen LogP contribution in [0.1, 0.15) is 13.8 Å². The van der Waals surface area contributed by atoms with Crippen LogP contribution in [0.15, 0.2) is 0 Å². The molecule has 1 aliphatic rings. The lowest BCUT2D eigenvalue weighted by atomic mass is 10.1. The molecular weight excluding hydrogens is 148 g/mol. The van der Waals surface area contributed by atoms with Gasteiger partial charge in [0.2, 0.25) is 0 Å². The molecule has 0 spiro atoms. The van der Waals surface area contributed by atoms with Crippen molar-refractivity contribution >= 4 is 0 Å². The van der Waals surface area contributed by atoms with E-state index < -0.39 is 23.7 Å². The minimum Gasteiger partial charge on any atom is -0.199 e. The molecule has 0 heterocycles. The molecule has 60 valence electrons. The van der Waals surface area contributed by atoms with Crippen LogP contribution in [0.5, 0.6) is 0 Å². The number of alkyl halides is 4. The zero-order chi connectivity index (χ0) is 8.15. The Kier molecular flexibility index (Phi) is 1.29. The molecule has 0 aliphatic heterocycles. The van der Waals surface area contributed by atoms with E-state index >= 15 is 0 Å². The van der Waals surface area contributed by atoms with Gasteiger partial charge in [0.15, 0.2) is 0 Å². The zero-order valence-corrected chi connectivity index (χ0v) is 5.67. The van der Waals surface area contributed by atoms with Crippen LogP contribution in [0.2, 0.25) is 0 Å². The highest BCUT2D eigenvalue weighted by Crippen LogP contribution is 2.65. The Bertz CT molecular complexity index is 136. The summed E-state index contributed by atoms with van der Waals surface area (Å²) in [6, 6.07) is 0. The predicted octanol–water partition coefficient (Wildman–Crippen LogP) is 2.54. The highest BCUT2D eigenvalue weighted by molar-refractivity contribution is 5.14. The average molecular weight is 156 g/mol. The Morgan fingerprint density at radius 1 is 1.00 bits per heavy atom. The molecule has 0 nitrogen and oxygen atoms in total. The van der Waals surface area contributed by atoms with Gasteiger partial charge in [0.25, 0.3) is 0 Å². The Labute approximate surface area is 56.2 Å². The summed E-state index contributed by atoms with van der Waals surface area (Å²) < 4.78 is 48.3. The molecule has 0 aromatic rings. The molecule has 0 atom stereocenters. The molecule has 1 fully saturated rings. The van der Waals surface area contributed by atoms with Crippen molar-refractivity contribution in [3.8, 4) is 0 Å². The Balaban J connectivity index is 2.72. The summed E-state index contributed by atoms with van der Waals surface area (Å²) in [7, 11) is 0. The van der Waals surface area contributed by atoms with E-state index in [1.54, 1.807) is 0 Å². The fraction of sp³-hybridized carbons (Fsp3) is 1.00. The molecule has 0 saturated heterocycles. The first-order valence-electron chi connectivity index (χ1n) is 3.07. The van der Waals surface area contributed by atoms with Crippen molar-refractivity contribution in [3.63, 3.8) is 0 Å². The minimum absolute atomic E-state index is 0.648. The Morgan fingerprint density at radius 2 is 1.30 bits per heavy atom. The van der Waals surface area contributed by atoms with Crippen molar-refractivity contribution in [2.24, 2.45) is 11.8 Å². The largest absolute Gasteiger partial charge is 0.319 e. The van der Waals surface area contributed by atoms with Gasteiger partial charge in [0, 0.05) is 0 Å². The van der Waals surface area contributed by atoms with Crippen molar-refractivity contribution in [2.75, 3.05) is 0 Å².